The fraction of sp³-hybridized carbons (Fsp3) is 0.219. The Morgan fingerprint density at radius 2 is 1.72 bits per heavy atom. The van der Waals surface area contributed by atoms with Gasteiger partial charge in [-0.15, -0.1) is 0 Å². The molecule has 0 saturated carbocycles. The van der Waals surface area contributed by atoms with Crippen molar-refractivity contribution in [2.75, 3.05) is 18.4 Å². The maximum Gasteiger partial charge on any atom is 0.387 e. The number of piperidine rings is 1. The van der Waals surface area contributed by atoms with Gasteiger partial charge < -0.3 is 20.7 Å². The average Bonchev–Trinajstić information content (AvgIpc) is 3.38. The zero-order chi connectivity index (χ0) is 29.9. The van der Waals surface area contributed by atoms with E-state index in [0.29, 0.717) is 41.4 Å². The smallest absolute Gasteiger partial charge is 0.387 e. The van der Waals surface area contributed by atoms with Gasteiger partial charge in [0.15, 0.2) is 5.65 Å². The van der Waals surface area contributed by atoms with E-state index in [2.05, 4.69) is 38.4 Å². The summed E-state index contributed by atoms with van der Waals surface area (Å²) >= 11 is 3.65. The summed E-state index contributed by atoms with van der Waals surface area (Å²) in [6.07, 6.45) is 3.16. The standard InChI is InChI=1S/C32H29BrF2N6O2/c33-27-28(23-11-5-4-10-22(23)18-36)39-41-29(38-25-12-6-7-13-26(25)43-32(34)35)24(19-37-30(27)41)31(42)40-16-14-21(15-17-40)20-8-2-1-3-9-20/h1-13,19,21,32,38H,14-18,36H2. The molecule has 3 heterocycles. The lowest BCUT2D eigenvalue weighted by Crippen LogP contribution is -2.38. The number of nitrogens with two attached hydrogens (primary N) is 1. The van der Waals surface area contributed by atoms with E-state index in [1.807, 2.05) is 42.5 Å². The topological polar surface area (TPSA) is 97.8 Å². The van der Waals surface area contributed by atoms with Gasteiger partial charge in [0.1, 0.15) is 22.8 Å². The molecule has 1 fully saturated rings. The van der Waals surface area contributed by atoms with E-state index in [1.165, 1.54) is 22.3 Å². The Labute approximate surface area is 255 Å². The summed E-state index contributed by atoms with van der Waals surface area (Å²) < 4.78 is 33.4. The van der Waals surface area contributed by atoms with Gasteiger partial charge in [0.2, 0.25) is 0 Å². The minimum absolute atomic E-state index is 0.0653. The molecule has 0 bridgehead atoms. The monoisotopic (exact) mass is 646 g/mol. The van der Waals surface area contributed by atoms with Crippen LogP contribution in [0, 0.1) is 0 Å². The number of anilines is 2. The largest absolute Gasteiger partial charge is 0.433 e. The van der Waals surface area contributed by atoms with Crippen molar-refractivity contribution in [1.82, 2.24) is 19.5 Å². The predicted molar refractivity (Wildman–Crippen MR) is 165 cm³/mol. The number of halogens is 3. The summed E-state index contributed by atoms with van der Waals surface area (Å²) in [6, 6.07) is 24.3. The number of carbonyl (C=O) groups is 1. The molecule has 1 amide bonds. The van der Waals surface area contributed by atoms with Crippen LogP contribution >= 0.6 is 15.9 Å². The van der Waals surface area contributed by atoms with Crippen molar-refractivity contribution < 1.29 is 18.3 Å². The first-order chi connectivity index (χ1) is 20.9. The van der Waals surface area contributed by atoms with Crippen molar-refractivity contribution in [1.29, 1.82) is 0 Å². The number of alkyl halides is 2. The molecule has 11 heteroatoms. The molecule has 3 aromatic carbocycles. The molecule has 3 N–H and O–H groups in total. The zero-order valence-corrected chi connectivity index (χ0v) is 24.7. The van der Waals surface area contributed by atoms with Crippen LogP contribution < -0.4 is 15.8 Å². The molecule has 220 valence electrons. The second kappa shape index (κ2) is 12.5. The van der Waals surface area contributed by atoms with E-state index in [1.54, 1.807) is 23.1 Å². The highest BCUT2D eigenvalue weighted by atomic mass is 79.9. The van der Waals surface area contributed by atoms with Gasteiger partial charge in [-0.25, -0.2) is 4.98 Å². The van der Waals surface area contributed by atoms with Gasteiger partial charge in [-0.2, -0.15) is 18.4 Å². The lowest BCUT2D eigenvalue weighted by molar-refractivity contribution is -0.0493. The van der Waals surface area contributed by atoms with Crippen LogP contribution in [0.25, 0.3) is 16.9 Å². The second-order valence-electron chi connectivity index (χ2n) is 10.3. The normalized spacial score (nSPS) is 13.9. The number of nitrogens with zero attached hydrogens (tertiary/aromatic N) is 4. The van der Waals surface area contributed by atoms with Crippen LogP contribution in [-0.4, -0.2) is 45.1 Å². The average molecular weight is 648 g/mol. The summed E-state index contributed by atoms with van der Waals surface area (Å²) in [5.74, 6) is 0.354. The van der Waals surface area contributed by atoms with Crippen LogP contribution in [0.4, 0.5) is 20.3 Å². The molecule has 8 nitrogen and oxygen atoms in total. The van der Waals surface area contributed by atoms with Crippen molar-refractivity contribution in [3.8, 4) is 17.0 Å². The summed E-state index contributed by atoms with van der Waals surface area (Å²) in [7, 11) is 0. The van der Waals surface area contributed by atoms with Gasteiger partial charge in [-0.3, -0.25) is 4.79 Å². The lowest BCUT2D eigenvalue weighted by atomic mass is 9.89. The van der Waals surface area contributed by atoms with E-state index in [4.69, 9.17) is 15.6 Å². The van der Waals surface area contributed by atoms with E-state index in [-0.39, 0.29) is 28.7 Å². The number of carbonyl (C=O) groups excluding carboxylic acids is 1. The maximum atomic E-state index is 14.0. The minimum atomic E-state index is -3.02. The molecule has 0 aliphatic carbocycles. The number of ether oxygens (including phenoxy) is 1. The number of rotatable bonds is 8. The first-order valence-corrected chi connectivity index (χ1v) is 14.7. The molecule has 0 radical (unpaired) electrons. The first kappa shape index (κ1) is 28.8. The summed E-state index contributed by atoms with van der Waals surface area (Å²) in [5.41, 5.74) is 10.5. The van der Waals surface area contributed by atoms with Crippen LogP contribution in [0.1, 0.15) is 40.2 Å². The molecule has 0 atom stereocenters. The van der Waals surface area contributed by atoms with E-state index < -0.39 is 6.61 Å². The fourth-order valence-electron chi connectivity index (χ4n) is 5.54. The van der Waals surface area contributed by atoms with Crippen LogP contribution in [0.15, 0.2) is 89.5 Å². The highest BCUT2D eigenvalue weighted by Gasteiger charge is 2.29. The lowest BCUT2D eigenvalue weighted by Gasteiger charge is -2.32. The van der Waals surface area contributed by atoms with Gasteiger partial charge in [0, 0.05) is 31.4 Å². The van der Waals surface area contributed by atoms with Crippen molar-refractivity contribution in [3.05, 3.63) is 106 Å². The first-order valence-electron chi connectivity index (χ1n) is 13.9. The second-order valence-corrected chi connectivity index (χ2v) is 11.0. The number of likely N-dealkylation sites (tertiary alicyclic amines) is 1. The number of amides is 1. The number of fused-ring (bicyclic) bond motifs is 1. The number of para-hydroxylation sites is 2. The van der Waals surface area contributed by atoms with E-state index in [0.717, 1.165) is 24.0 Å². The molecule has 5 aromatic rings. The molecule has 0 spiro atoms. The zero-order valence-electron chi connectivity index (χ0n) is 23.1. The predicted octanol–water partition coefficient (Wildman–Crippen LogP) is 6.98. The minimum Gasteiger partial charge on any atom is -0.433 e. The van der Waals surface area contributed by atoms with Crippen LogP contribution in [0.2, 0.25) is 0 Å². The quantitative estimate of drug-likeness (QED) is 0.189. The molecule has 2 aromatic heterocycles. The molecule has 1 aliphatic rings. The van der Waals surface area contributed by atoms with Crippen molar-refractivity contribution in [2.45, 2.75) is 31.9 Å². The third-order valence-electron chi connectivity index (χ3n) is 7.72. The molecule has 43 heavy (non-hydrogen) atoms. The van der Waals surface area contributed by atoms with E-state index >= 15 is 0 Å². The maximum absolute atomic E-state index is 14.0. The fourth-order valence-corrected chi connectivity index (χ4v) is 6.11. The van der Waals surface area contributed by atoms with Crippen LogP contribution in [0.5, 0.6) is 5.75 Å². The molecule has 6 rings (SSSR count). The van der Waals surface area contributed by atoms with Gasteiger partial charge in [0.05, 0.1) is 10.2 Å². The Bertz CT molecular complexity index is 1760. The molecule has 1 saturated heterocycles. The molecular formula is C32H29BrF2N6O2. The van der Waals surface area contributed by atoms with Crippen LogP contribution in [-0.2, 0) is 6.54 Å². The third-order valence-corrected chi connectivity index (χ3v) is 8.45. The number of benzene rings is 3. The van der Waals surface area contributed by atoms with Crippen molar-refractivity contribution in [3.63, 3.8) is 0 Å². The summed E-state index contributed by atoms with van der Waals surface area (Å²) in [5, 5.41) is 8.02. The molecular weight excluding hydrogens is 618 g/mol. The van der Waals surface area contributed by atoms with Crippen LogP contribution in [0.3, 0.4) is 0 Å². The molecule has 1 aliphatic heterocycles. The van der Waals surface area contributed by atoms with Gasteiger partial charge in [-0.05, 0) is 57.9 Å². The number of hydrogen-bond acceptors (Lipinski definition) is 6. The number of nitrogens with one attached hydrogen (secondary N) is 1. The third kappa shape index (κ3) is 5.82. The van der Waals surface area contributed by atoms with Gasteiger partial charge >= 0.3 is 6.61 Å². The Morgan fingerprint density at radius 3 is 2.47 bits per heavy atom. The Kier molecular flexibility index (Phi) is 8.35. The number of hydrogen-bond donors (Lipinski definition) is 2. The highest BCUT2D eigenvalue weighted by molar-refractivity contribution is 9.10. The van der Waals surface area contributed by atoms with E-state index in [9.17, 15) is 13.6 Å². The molecule has 0 unspecified atom stereocenters. The Hall–Kier alpha value is -4.35. The van der Waals surface area contributed by atoms with Gasteiger partial charge in [-0.1, -0.05) is 66.7 Å². The summed E-state index contributed by atoms with van der Waals surface area (Å²) in [4.78, 5) is 20.5. The van der Waals surface area contributed by atoms with Crippen molar-refractivity contribution in [2.24, 2.45) is 5.73 Å². The van der Waals surface area contributed by atoms with Crippen molar-refractivity contribution >= 4 is 39.0 Å². The summed E-state index contributed by atoms with van der Waals surface area (Å²) in [6.45, 7) is -1.58. The van der Waals surface area contributed by atoms with Gasteiger partial charge in [0.25, 0.3) is 5.91 Å². The SMILES string of the molecule is NCc1ccccc1-c1nn2c(Nc3ccccc3OC(F)F)c(C(=O)N3CCC(c4ccccc4)CC3)cnc2c1Br. The Balaban J connectivity index is 1.42. The Morgan fingerprint density at radius 1 is 1.02 bits per heavy atom. The number of aromatic nitrogens is 3. The highest BCUT2D eigenvalue weighted by Crippen LogP contribution is 2.37.